The van der Waals surface area contributed by atoms with Gasteiger partial charge < -0.3 is 5.73 Å². The van der Waals surface area contributed by atoms with E-state index in [4.69, 9.17) is 5.73 Å². The molecule has 0 radical (unpaired) electrons. The van der Waals surface area contributed by atoms with Gasteiger partial charge in [-0.05, 0) is 19.4 Å². The van der Waals surface area contributed by atoms with Crippen molar-refractivity contribution in [2.24, 2.45) is 5.73 Å². The van der Waals surface area contributed by atoms with Gasteiger partial charge in [0.15, 0.2) is 4.21 Å². The number of aromatic nitrogens is 1. The van der Waals surface area contributed by atoms with E-state index in [0.717, 1.165) is 10.6 Å². The van der Waals surface area contributed by atoms with Crippen LogP contribution < -0.4 is 5.73 Å². The van der Waals surface area contributed by atoms with Gasteiger partial charge >= 0.3 is 0 Å². The molecule has 0 bridgehead atoms. The smallest absolute Gasteiger partial charge is 0.254 e. The second-order valence-electron chi connectivity index (χ2n) is 5.61. The highest BCUT2D eigenvalue weighted by molar-refractivity contribution is 7.91. The van der Waals surface area contributed by atoms with Crippen LogP contribution in [-0.4, -0.2) is 36.8 Å². The van der Waals surface area contributed by atoms with Gasteiger partial charge in [-0.2, -0.15) is 4.31 Å². The Morgan fingerprint density at radius 1 is 1.23 bits per heavy atom. The molecule has 118 valence electrons. The first kappa shape index (κ1) is 15.6. The Bertz CT molecular complexity index is 771. The lowest BCUT2D eigenvalue weighted by Crippen LogP contribution is -2.32. The van der Waals surface area contributed by atoms with Crippen LogP contribution in [0, 0.1) is 13.8 Å². The molecule has 2 N–H and O–H groups in total. The molecule has 0 aliphatic carbocycles. The molecular weight excluding hydrogens is 318 g/mol. The van der Waals surface area contributed by atoms with E-state index >= 15 is 0 Å². The average Bonchev–Trinajstić information content (AvgIpc) is 3.03. The molecule has 0 unspecified atom stereocenters. The van der Waals surface area contributed by atoms with Crippen molar-refractivity contribution < 1.29 is 8.42 Å². The molecule has 0 saturated carbocycles. The van der Waals surface area contributed by atoms with Crippen LogP contribution in [0.5, 0.6) is 0 Å². The van der Waals surface area contributed by atoms with Crippen molar-refractivity contribution in [2.75, 3.05) is 13.1 Å². The zero-order valence-electron chi connectivity index (χ0n) is 12.6. The van der Waals surface area contributed by atoms with Crippen LogP contribution in [0.4, 0.5) is 0 Å². The summed E-state index contributed by atoms with van der Waals surface area (Å²) in [5, 5.41) is 0.763. The molecule has 3 rings (SSSR count). The first-order valence-electron chi connectivity index (χ1n) is 7.14. The Morgan fingerprint density at radius 3 is 2.50 bits per heavy atom. The zero-order valence-corrected chi connectivity index (χ0v) is 14.2. The Balaban J connectivity index is 1.89. The molecule has 1 aromatic heterocycles. The molecule has 2 heterocycles. The maximum absolute atomic E-state index is 12.8. The minimum Gasteiger partial charge on any atom is -0.326 e. The summed E-state index contributed by atoms with van der Waals surface area (Å²) < 4.78 is 27.5. The van der Waals surface area contributed by atoms with E-state index in [1.165, 1.54) is 15.6 Å². The minimum absolute atomic E-state index is 0.0327. The van der Waals surface area contributed by atoms with Crippen LogP contribution in [0.3, 0.4) is 0 Å². The number of nitrogens with zero attached hydrogens (tertiary/aromatic N) is 2. The molecule has 2 aromatic rings. The molecular formula is C15H19N3O2S2. The fourth-order valence-electron chi connectivity index (χ4n) is 2.91. The van der Waals surface area contributed by atoms with Crippen molar-refractivity contribution in [1.29, 1.82) is 0 Å². The third kappa shape index (κ3) is 2.69. The van der Waals surface area contributed by atoms with E-state index in [1.54, 1.807) is 6.92 Å². The van der Waals surface area contributed by atoms with E-state index in [1.807, 2.05) is 37.3 Å². The summed E-state index contributed by atoms with van der Waals surface area (Å²) in [4.78, 5) is 4.23. The molecule has 0 spiro atoms. The SMILES string of the molecule is Cc1nc(C)c(S(=O)(=O)N2C[C@@H](N)[C@H](c3ccccc3)C2)s1. The summed E-state index contributed by atoms with van der Waals surface area (Å²) in [7, 11) is -3.51. The Kier molecular flexibility index (Phi) is 4.07. The zero-order chi connectivity index (χ0) is 15.9. The molecule has 22 heavy (non-hydrogen) atoms. The standard InChI is InChI=1S/C15H19N3O2S2/c1-10-15(21-11(2)17-10)22(19,20)18-8-13(14(16)9-18)12-6-4-3-5-7-12/h3-7,13-14H,8-9,16H2,1-2H3/t13-,14+/m0/s1. The predicted octanol–water partition coefficient (Wildman–Crippen LogP) is 1.88. The van der Waals surface area contributed by atoms with Crippen molar-refractivity contribution >= 4 is 21.4 Å². The third-order valence-corrected chi connectivity index (χ3v) is 7.49. The molecule has 1 aliphatic rings. The van der Waals surface area contributed by atoms with Gasteiger partial charge in [0.05, 0.1) is 10.7 Å². The highest BCUT2D eigenvalue weighted by atomic mass is 32.2. The van der Waals surface area contributed by atoms with Crippen LogP contribution >= 0.6 is 11.3 Å². The van der Waals surface area contributed by atoms with Crippen molar-refractivity contribution in [2.45, 2.75) is 30.0 Å². The van der Waals surface area contributed by atoms with Crippen molar-refractivity contribution in [3.05, 3.63) is 46.6 Å². The average molecular weight is 337 g/mol. The summed E-state index contributed by atoms with van der Waals surface area (Å²) in [6, 6.07) is 9.67. The van der Waals surface area contributed by atoms with Crippen LogP contribution in [0.1, 0.15) is 22.2 Å². The highest BCUT2D eigenvalue weighted by Crippen LogP contribution is 2.33. The number of aryl methyl sites for hydroxylation is 2. The second-order valence-corrected chi connectivity index (χ2v) is 8.95. The van der Waals surface area contributed by atoms with E-state index < -0.39 is 10.0 Å². The Labute approximate surface area is 134 Å². The number of rotatable bonds is 3. The van der Waals surface area contributed by atoms with Crippen molar-refractivity contribution in [1.82, 2.24) is 9.29 Å². The van der Waals surface area contributed by atoms with Gasteiger partial charge in [0.1, 0.15) is 0 Å². The fraction of sp³-hybridized carbons (Fsp3) is 0.400. The van der Waals surface area contributed by atoms with Crippen LogP contribution in [0.15, 0.2) is 34.5 Å². The van der Waals surface area contributed by atoms with Gasteiger partial charge in [0.25, 0.3) is 10.0 Å². The topological polar surface area (TPSA) is 76.3 Å². The van der Waals surface area contributed by atoms with Gasteiger partial charge in [0, 0.05) is 25.0 Å². The first-order chi connectivity index (χ1) is 10.4. The Morgan fingerprint density at radius 2 is 1.91 bits per heavy atom. The highest BCUT2D eigenvalue weighted by Gasteiger charge is 2.39. The summed E-state index contributed by atoms with van der Waals surface area (Å²) in [6.45, 7) is 4.32. The van der Waals surface area contributed by atoms with E-state index in [-0.39, 0.29) is 12.0 Å². The fourth-order valence-corrected chi connectivity index (χ4v) is 6.03. The monoisotopic (exact) mass is 337 g/mol. The summed E-state index contributed by atoms with van der Waals surface area (Å²) in [5.74, 6) is 0.0327. The number of benzene rings is 1. The number of hydrogen-bond acceptors (Lipinski definition) is 5. The minimum atomic E-state index is -3.51. The summed E-state index contributed by atoms with van der Waals surface area (Å²) >= 11 is 1.22. The van der Waals surface area contributed by atoms with Gasteiger partial charge in [-0.15, -0.1) is 11.3 Å². The molecule has 1 aliphatic heterocycles. The van der Waals surface area contributed by atoms with Crippen molar-refractivity contribution in [3.8, 4) is 0 Å². The van der Waals surface area contributed by atoms with Crippen LogP contribution in [0.25, 0.3) is 0 Å². The van der Waals surface area contributed by atoms with Gasteiger partial charge in [-0.3, -0.25) is 0 Å². The third-order valence-electron chi connectivity index (χ3n) is 3.99. The molecule has 5 nitrogen and oxygen atoms in total. The van der Waals surface area contributed by atoms with Gasteiger partial charge in [0.2, 0.25) is 0 Å². The molecule has 1 saturated heterocycles. The number of sulfonamides is 1. The lowest BCUT2D eigenvalue weighted by molar-refractivity contribution is 0.471. The van der Waals surface area contributed by atoms with Crippen LogP contribution in [0.2, 0.25) is 0 Å². The second kappa shape index (κ2) is 5.73. The molecule has 1 fully saturated rings. The molecule has 0 amide bonds. The number of thiazole rings is 1. The van der Waals surface area contributed by atoms with E-state index in [0.29, 0.717) is 23.0 Å². The molecule has 2 atom stereocenters. The number of hydrogen-bond donors (Lipinski definition) is 1. The predicted molar refractivity (Wildman–Crippen MR) is 87.5 cm³/mol. The lowest BCUT2D eigenvalue weighted by atomic mass is 9.95. The largest absolute Gasteiger partial charge is 0.326 e. The van der Waals surface area contributed by atoms with Gasteiger partial charge in [-0.25, -0.2) is 13.4 Å². The summed E-state index contributed by atoms with van der Waals surface area (Å²) in [6.07, 6.45) is 0. The van der Waals surface area contributed by atoms with Gasteiger partial charge in [-0.1, -0.05) is 30.3 Å². The summed E-state index contributed by atoms with van der Waals surface area (Å²) in [5.41, 5.74) is 7.86. The molecule has 1 aromatic carbocycles. The van der Waals surface area contributed by atoms with E-state index in [9.17, 15) is 8.42 Å². The maximum Gasteiger partial charge on any atom is 0.254 e. The maximum atomic E-state index is 12.8. The van der Waals surface area contributed by atoms with E-state index in [2.05, 4.69) is 4.98 Å². The van der Waals surface area contributed by atoms with Crippen LogP contribution in [-0.2, 0) is 10.0 Å². The molecule has 7 heteroatoms. The van der Waals surface area contributed by atoms with Crippen molar-refractivity contribution in [3.63, 3.8) is 0 Å². The lowest BCUT2D eigenvalue weighted by Gasteiger charge is -2.15. The first-order valence-corrected chi connectivity index (χ1v) is 9.40. The Hall–Kier alpha value is -1.28. The quantitative estimate of drug-likeness (QED) is 0.928. The number of nitrogens with two attached hydrogens (primary N) is 1. The normalized spacial score (nSPS) is 23.0.